The Kier molecular flexibility index (Phi) is 5.99. The van der Waals surface area contributed by atoms with E-state index in [1.807, 2.05) is 54.6 Å². The Morgan fingerprint density at radius 2 is 1.80 bits per heavy atom. The molecule has 0 saturated heterocycles. The zero-order valence-corrected chi connectivity index (χ0v) is 16.8. The Balaban J connectivity index is 1.48. The number of nitrogens with one attached hydrogen (secondary N) is 1. The van der Waals surface area contributed by atoms with Crippen molar-refractivity contribution in [1.29, 1.82) is 0 Å². The first-order valence-corrected chi connectivity index (χ1v) is 9.81. The molecule has 0 saturated carbocycles. The van der Waals surface area contributed by atoms with Crippen molar-refractivity contribution in [1.82, 2.24) is 0 Å². The van der Waals surface area contributed by atoms with Crippen molar-refractivity contribution in [2.75, 3.05) is 25.6 Å². The molecule has 0 spiro atoms. The maximum Gasteiger partial charge on any atom is 0.248 e. The average Bonchev–Trinajstić information content (AvgIpc) is 2.79. The third-order valence-electron chi connectivity index (χ3n) is 4.79. The van der Waals surface area contributed by atoms with Gasteiger partial charge in [-0.05, 0) is 47.4 Å². The Bertz CT molecular complexity index is 1040. The molecule has 0 radical (unpaired) electrons. The molecule has 30 heavy (non-hydrogen) atoms. The van der Waals surface area contributed by atoms with E-state index >= 15 is 0 Å². The second kappa shape index (κ2) is 9.18. The lowest BCUT2D eigenvalue weighted by Crippen LogP contribution is -2.16. The SMILES string of the molecule is COc1cc(/C=C\C(=O)Nc2ccccc2Cc2ccccc2)cc2c1OCCO2. The minimum atomic E-state index is -0.204. The molecule has 1 heterocycles. The molecule has 5 heteroatoms. The van der Waals surface area contributed by atoms with Gasteiger partial charge in [-0.25, -0.2) is 0 Å². The van der Waals surface area contributed by atoms with Crippen LogP contribution in [0.25, 0.3) is 6.08 Å². The molecule has 0 aliphatic carbocycles. The van der Waals surface area contributed by atoms with Gasteiger partial charge < -0.3 is 19.5 Å². The summed E-state index contributed by atoms with van der Waals surface area (Å²) < 4.78 is 16.6. The number of hydrogen-bond acceptors (Lipinski definition) is 4. The zero-order chi connectivity index (χ0) is 20.8. The third-order valence-corrected chi connectivity index (χ3v) is 4.79. The molecule has 5 nitrogen and oxygen atoms in total. The number of carbonyl (C=O) groups excluding carboxylic acids is 1. The summed E-state index contributed by atoms with van der Waals surface area (Å²) in [5.74, 6) is 1.60. The van der Waals surface area contributed by atoms with Gasteiger partial charge in [-0.15, -0.1) is 0 Å². The van der Waals surface area contributed by atoms with Gasteiger partial charge in [0.15, 0.2) is 11.5 Å². The number of fused-ring (bicyclic) bond motifs is 1. The Morgan fingerprint density at radius 1 is 1.03 bits per heavy atom. The van der Waals surface area contributed by atoms with Crippen LogP contribution in [0.15, 0.2) is 72.8 Å². The molecular weight excluding hydrogens is 378 g/mol. The van der Waals surface area contributed by atoms with Gasteiger partial charge in [0.2, 0.25) is 11.7 Å². The number of para-hydroxylation sites is 1. The fourth-order valence-corrected chi connectivity index (χ4v) is 3.35. The van der Waals surface area contributed by atoms with Gasteiger partial charge in [0.25, 0.3) is 0 Å². The fraction of sp³-hybridized carbons (Fsp3) is 0.160. The van der Waals surface area contributed by atoms with E-state index < -0.39 is 0 Å². The monoisotopic (exact) mass is 401 g/mol. The number of benzene rings is 3. The maximum absolute atomic E-state index is 12.5. The highest BCUT2D eigenvalue weighted by molar-refractivity contribution is 6.02. The van der Waals surface area contributed by atoms with Gasteiger partial charge in [-0.2, -0.15) is 0 Å². The van der Waals surface area contributed by atoms with Crippen LogP contribution in [0.4, 0.5) is 5.69 Å². The Hall–Kier alpha value is -3.73. The summed E-state index contributed by atoms with van der Waals surface area (Å²) in [4.78, 5) is 12.5. The molecule has 1 aliphatic rings. The number of anilines is 1. The quantitative estimate of drug-likeness (QED) is 0.608. The Morgan fingerprint density at radius 3 is 2.63 bits per heavy atom. The summed E-state index contributed by atoms with van der Waals surface area (Å²) in [7, 11) is 1.58. The van der Waals surface area contributed by atoms with E-state index in [0.717, 1.165) is 23.2 Å². The summed E-state index contributed by atoms with van der Waals surface area (Å²) in [5.41, 5.74) is 3.85. The van der Waals surface area contributed by atoms with Crippen LogP contribution in [0.5, 0.6) is 17.2 Å². The summed E-state index contributed by atoms with van der Waals surface area (Å²) in [6.07, 6.45) is 3.99. The van der Waals surface area contributed by atoms with Gasteiger partial charge in [0.05, 0.1) is 7.11 Å². The number of carbonyl (C=O) groups is 1. The van der Waals surface area contributed by atoms with Crippen molar-refractivity contribution in [2.24, 2.45) is 0 Å². The van der Waals surface area contributed by atoms with Crippen molar-refractivity contribution in [3.63, 3.8) is 0 Å². The van der Waals surface area contributed by atoms with Gasteiger partial charge in [-0.1, -0.05) is 48.5 Å². The molecule has 0 unspecified atom stereocenters. The van der Waals surface area contributed by atoms with Gasteiger partial charge >= 0.3 is 0 Å². The van der Waals surface area contributed by atoms with E-state index in [0.29, 0.717) is 30.5 Å². The van der Waals surface area contributed by atoms with Crippen LogP contribution in [0.2, 0.25) is 0 Å². The second-order valence-corrected chi connectivity index (χ2v) is 6.89. The first-order chi connectivity index (χ1) is 14.7. The van der Waals surface area contributed by atoms with Crippen LogP contribution in [0.1, 0.15) is 16.7 Å². The van der Waals surface area contributed by atoms with Gasteiger partial charge in [0.1, 0.15) is 13.2 Å². The standard InChI is InChI=1S/C25H23NO4/c1-28-22-16-19(17-23-25(22)30-14-13-29-23)11-12-24(27)26-21-10-6-5-9-20(21)15-18-7-3-2-4-8-18/h2-12,16-17H,13-15H2,1H3,(H,26,27)/b12-11-. The molecule has 4 rings (SSSR count). The molecule has 152 valence electrons. The molecule has 1 aliphatic heterocycles. The Labute approximate surface area is 175 Å². The molecule has 0 atom stereocenters. The van der Waals surface area contributed by atoms with Gasteiger partial charge in [-0.3, -0.25) is 4.79 Å². The number of rotatable bonds is 6. The van der Waals surface area contributed by atoms with Crippen LogP contribution in [0.3, 0.4) is 0 Å². The number of amides is 1. The minimum Gasteiger partial charge on any atom is -0.493 e. The zero-order valence-electron chi connectivity index (χ0n) is 16.8. The smallest absolute Gasteiger partial charge is 0.248 e. The number of hydrogen-bond donors (Lipinski definition) is 1. The molecule has 1 N–H and O–H groups in total. The predicted molar refractivity (Wildman–Crippen MR) is 117 cm³/mol. The second-order valence-electron chi connectivity index (χ2n) is 6.89. The number of ether oxygens (including phenoxy) is 3. The van der Waals surface area contributed by atoms with Crippen LogP contribution in [-0.2, 0) is 11.2 Å². The summed E-state index contributed by atoms with van der Waals surface area (Å²) in [5, 5.41) is 2.98. The maximum atomic E-state index is 12.5. The normalized spacial score (nSPS) is 12.6. The highest BCUT2D eigenvalue weighted by Crippen LogP contribution is 2.40. The predicted octanol–water partition coefficient (Wildman–Crippen LogP) is 4.71. The van der Waals surface area contributed by atoms with Crippen LogP contribution < -0.4 is 19.5 Å². The molecule has 0 bridgehead atoms. The topological polar surface area (TPSA) is 56.8 Å². The fourth-order valence-electron chi connectivity index (χ4n) is 3.35. The van der Waals surface area contributed by atoms with E-state index in [1.165, 1.54) is 11.6 Å². The van der Waals surface area contributed by atoms with Crippen LogP contribution in [0, 0.1) is 0 Å². The summed E-state index contributed by atoms with van der Waals surface area (Å²) >= 11 is 0. The van der Waals surface area contributed by atoms with E-state index in [9.17, 15) is 4.79 Å². The summed E-state index contributed by atoms with van der Waals surface area (Å²) in [6, 6.07) is 21.7. The lowest BCUT2D eigenvalue weighted by atomic mass is 10.0. The summed E-state index contributed by atoms with van der Waals surface area (Å²) in [6.45, 7) is 0.978. The molecule has 3 aromatic rings. The highest BCUT2D eigenvalue weighted by atomic mass is 16.6. The lowest BCUT2D eigenvalue weighted by molar-refractivity contribution is -0.111. The van der Waals surface area contributed by atoms with Crippen molar-refractivity contribution < 1.29 is 19.0 Å². The van der Waals surface area contributed by atoms with Crippen molar-refractivity contribution in [3.8, 4) is 17.2 Å². The van der Waals surface area contributed by atoms with Crippen LogP contribution in [-0.4, -0.2) is 26.2 Å². The molecular formula is C25H23NO4. The molecule has 1 amide bonds. The first-order valence-electron chi connectivity index (χ1n) is 9.81. The molecule has 3 aromatic carbocycles. The van der Waals surface area contributed by atoms with Crippen molar-refractivity contribution in [2.45, 2.75) is 6.42 Å². The van der Waals surface area contributed by atoms with E-state index in [-0.39, 0.29) is 5.91 Å². The molecule has 0 fully saturated rings. The van der Waals surface area contributed by atoms with E-state index in [1.54, 1.807) is 13.2 Å². The highest BCUT2D eigenvalue weighted by Gasteiger charge is 2.17. The minimum absolute atomic E-state index is 0.204. The van der Waals surface area contributed by atoms with Crippen molar-refractivity contribution in [3.05, 3.63) is 89.5 Å². The lowest BCUT2D eigenvalue weighted by Gasteiger charge is -2.20. The van der Waals surface area contributed by atoms with Crippen molar-refractivity contribution >= 4 is 17.7 Å². The molecule has 0 aromatic heterocycles. The average molecular weight is 401 g/mol. The van der Waals surface area contributed by atoms with E-state index in [4.69, 9.17) is 14.2 Å². The largest absolute Gasteiger partial charge is 0.493 e. The third kappa shape index (κ3) is 4.63. The van der Waals surface area contributed by atoms with Gasteiger partial charge in [0, 0.05) is 11.8 Å². The number of methoxy groups -OCH3 is 1. The first kappa shape index (κ1) is 19.6. The van der Waals surface area contributed by atoms with E-state index in [2.05, 4.69) is 17.4 Å². The van der Waals surface area contributed by atoms with Crippen LogP contribution >= 0.6 is 0 Å².